The van der Waals surface area contributed by atoms with Gasteiger partial charge in [-0.25, -0.2) is 0 Å². The fourth-order valence-electron chi connectivity index (χ4n) is 1.57. The van der Waals surface area contributed by atoms with Crippen LogP contribution in [0, 0.1) is 11.8 Å². The van der Waals surface area contributed by atoms with E-state index in [1.165, 1.54) is 6.07 Å². The van der Waals surface area contributed by atoms with Crippen molar-refractivity contribution < 1.29 is 5.11 Å². The molecule has 0 fully saturated rings. The smallest absolute Gasteiger partial charge is 0.298 e. The van der Waals surface area contributed by atoms with E-state index in [9.17, 15) is 19.6 Å². The molecule has 0 amide bonds. The van der Waals surface area contributed by atoms with E-state index in [2.05, 4.69) is 10.2 Å². The van der Waals surface area contributed by atoms with Gasteiger partial charge >= 0.3 is 0 Å². The molecule has 0 bridgehead atoms. The van der Waals surface area contributed by atoms with Gasteiger partial charge in [0.25, 0.3) is 11.0 Å². The van der Waals surface area contributed by atoms with E-state index in [0.29, 0.717) is 0 Å². The standard InChI is InChI=1S/C11H8N2O4/c1-5-2-3-6-7(4-5)12-11(16)10(15)8(13-17)9(6)14/h2-4,14H,1H3,(H,12,15,16). The van der Waals surface area contributed by atoms with Crippen LogP contribution in [0.25, 0.3) is 10.9 Å². The fraction of sp³-hybridized carbons (Fsp3) is 0.0909. The summed E-state index contributed by atoms with van der Waals surface area (Å²) in [5.74, 6) is -0.585. The topological polar surface area (TPSA) is 99.6 Å². The Morgan fingerprint density at radius 3 is 2.65 bits per heavy atom. The van der Waals surface area contributed by atoms with Gasteiger partial charge in [0, 0.05) is 5.39 Å². The summed E-state index contributed by atoms with van der Waals surface area (Å²) >= 11 is 0. The van der Waals surface area contributed by atoms with Crippen LogP contribution in [0.3, 0.4) is 0 Å². The molecule has 2 rings (SSSR count). The fourth-order valence-corrected chi connectivity index (χ4v) is 1.57. The van der Waals surface area contributed by atoms with Crippen molar-refractivity contribution in [3.05, 3.63) is 49.2 Å². The Kier molecular flexibility index (Phi) is 2.47. The Labute approximate surface area is 94.5 Å². The molecule has 6 heteroatoms. The van der Waals surface area contributed by atoms with Crippen LogP contribution in [0.5, 0.6) is 5.75 Å². The van der Waals surface area contributed by atoms with Crippen molar-refractivity contribution in [3.63, 3.8) is 0 Å². The van der Waals surface area contributed by atoms with E-state index in [0.717, 1.165) is 5.56 Å². The van der Waals surface area contributed by atoms with Crippen molar-refractivity contribution >= 4 is 16.6 Å². The molecular weight excluding hydrogens is 224 g/mol. The highest BCUT2D eigenvalue weighted by Crippen LogP contribution is 2.28. The largest absolute Gasteiger partial charge is 0.505 e. The summed E-state index contributed by atoms with van der Waals surface area (Å²) in [5, 5.41) is 12.4. The summed E-state index contributed by atoms with van der Waals surface area (Å²) < 4.78 is 0. The molecule has 0 radical (unpaired) electrons. The number of rotatable bonds is 1. The van der Waals surface area contributed by atoms with Gasteiger partial charge in [-0.05, 0) is 29.8 Å². The minimum atomic E-state index is -1.15. The van der Waals surface area contributed by atoms with Crippen LogP contribution >= 0.6 is 0 Å². The zero-order valence-corrected chi connectivity index (χ0v) is 8.85. The highest BCUT2D eigenvalue weighted by atomic mass is 16.3. The average Bonchev–Trinajstić information content (AvgIpc) is 2.36. The number of aromatic hydroxyl groups is 1. The van der Waals surface area contributed by atoms with Crippen LogP contribution in [0.15, 0.2) is 33.0 Å². The first-order chi connectivity index (χ1) is 8.04. The first kappa shape index (κ1) is 11.0. The lowest BCUT2D eigenvalue weighted by Crippen LogP contribution is -2.22. The summed E-state index contributed by atoms with van der Waals surface area (Å²) in [6, 6.07) is 4.77. The second kappa shape index (κ2) is 3.82. The molecule has 2 N–H and O–H groups in total. The molecule has 0 saturated heterocycles. The predicted molar refractivity (Wildman–Crippen MR) is 62.7 cm³/mol. The minimum absolute atomic E-state index is 0.199. The lowest BCUT2D eigenvalue weighted by Gasteiger charge is -1.97. The molecule has 0 spiro atoms. The zero-order chi connectivity index (χ0) is 12.6. The van der Waals surface area contributed by atoms with Gasteiger partial charge < -0.3 is 10.1 Å². The van der Waals surface area contributed by atoms with Crippen LogP contribution in [-0.2, 0) is 0 Å². The number of benzene rings is 1. The lowest BCUT2D eigenvalue weighted by atomic mass is 10.1. The number of aryl methyl sites for hydroxylation is 1. The maximum absolute atomic E-state index is 11.4. The average molecular weight is 232 g/mol. The highest BCUT2D eigenvalue weighted by Gasteiger charge is 2.12. The molecule has 6 nitrogen and oxygen atoms in total. The van der Waals surface area contributed by atoms with Crippen molar-refractivity contribution in [2.75, 3.05) is 0 Å². The summed E-state index contributed by atoms with van der Waals surface area (Å²) in [6.07, 6.45) is 0. The monoisotopic (exact) mass is 232 g/mol. The number of hydrogen-bond donors (Lipinski definition) is 2. The van der Waals surface area contributed by atoms with E-state index >= 15 is 0 Å². The van der Waals surface area contributed by atoms with Crippen LogP contribution < -0.4 is 11.0 Å². The zero-order valence-electron chi connectivity index (χ0n) is 8.85. The first-order valence-electron chi connectivity index (χ1n) is 4.78. The Bertz CT molecular complexity index is 734. The normalized spacial score (nSPS) is 10.4. The Morgan fingerprint density at radius 2 is 2.00 bits per heavy atom. The molecule has 0 aliphatic carbocycles. The molecule has 17 heavy (non-hydrogen) atoms. The number of aromatic nitrogens is 1. The summed E-state index contributed by atoms with van der Waals surface area (Å²) in [4.78, 5) is 35.6. The van der Waals surface area contributed by atoms with Crippen molar-refractivity contribution in [1.29, 1.82) is 0 Å². The van der Waals surface area contributed by atoms with Gasteiger partial charge in [0.15, 0.2) is 5.75 Å². The Morgan fingerprint density at radius 1 is 1.29 bits per heavy atom. The Hall–Kier alpha value is -2.50. The second-order valence-electron chi connectivity index (χ2n) is 3.62. The van der Waals surface area contributed by atoms with E-state index in [1.54, 1.807) is 19.1 Å². The van der Waals surface area contributed by atoms with Crippen molar-refractivity contribution in [2.45, 2.75) is 6.92 Å². The number of nitroso groups, excluding NO2 is 1. The maximum atomic E-state index is 11.4. The van der Waals surface area contributed by atoms with E-state index < -0.39 is 22.4 Å². The number of nitrogens with one attached hydrogen (secondary N) is 1. The second-order valence-corrected chi connectivity index (χ2v) is 3.62. The van der Waals surface area contributed by atoms with Crippen LogP contribution in [-0.4, -0.2) is 10.1 Å². The van der Waals surface area contributed by atoms with Gasteiger partial charge in [0.05, 0.1) is 5.52 Å². The summed E-state index contributed by atoms with van der Waals surface area (Å²) in [5.41, 5.74) is -1.79. The molecule has 1 heterocycles. The third-order valence-electron chi connectivity index (χ3n) is 2.42. The van der Waals surface area contributed by atoms with E-state index in [-0.39, 0.29) is 10.9 Å². The molecule has 0 atom stereocenters. The van der Waals surface area contributed by atoms with Gasteiger partial charge in [-0.15, -0.1) is 4.91 Å². The molecule has 86 valence electrons. The predicted octanol–water partition coefficient (Wildman–Crippen LogP) is 1.30. The summed E-state index contributed by atoms with van der Waals surface area (Å²) in [6.45, 7) is 1.79. The molecule has 0 aliphatic rings. The van der Waals surface area contributed by atoms with Gasteiger partial charge in [-0.1, -0.05) is 6.07 Å². The molecular formula is C11H8N2O4. The van der Waals surface area contributed by atoms with Crippen molar-refractivity contribution in [2.24, 2.45) is 5.18 Å². The van der Waals surface area contributed by atoms with Gasteiger partial charge in [0.2, 0.25) is 5.69 Å². The first-order valence-corrected chi connectivity index (χ1v) is 4.78. The SMILES string of the molecule is Cc1ccc2c(O)c(N=O)c(=O)c(=O)[nH]c2c1. The third-order valence-corrected chi connectivity index (χ3v) is 2.42. The number of nitrogens with zero attached hydrogens (tertiary/aromatic N) is 1. The highest BCUT2D eigenvalue weighted by molar-refractivity contribution is 5.88. The molecule has 1 aromatic carbocycles. The lowest BCUT2D eigenvalue weighted by molar-refractivity contribution is 0.483. The number of H-pyrrole nitrogens is 1. The quantitative estimate of drug-likeness (QED) is 0.571. The van der Waals surface area contributed by atoms with E-state index in [1.807, 2.05) is 0 Å². The molecule has 0 aliphatic heterocycles. The van der Waals surface area contributed by atoms with Crippen LogP contribution in [0.4, 0.5) is 5.69 Å². The van der Waals surface area contributed by atoms with Crippen LogP contribution in [0.2, 0.25) is 0 Å². The molecule has 0 unspecified atom stereocenters. The molecule has 0 saturated carbocycles. The van der Waals surface area contributed by atoms with Crippen molar-refractivity contribution in [3.8, 4) is 5.75 Å². The Balaban J connectivity index is 3.17. The number of aromatic amines is 1. The number of fused-ring (bicyclic) bond motifs is 1. The maximum Gasteiger partial charge on any atom is 0.298 e. The molecule has 1 aromatic heterocycles. The van der Waals surface area contributed by atoms with Gasteiger partial charge in [-0.2, -0.15) is 0 Å². The van der Waals surface area contributed by atoms with Gasteiger partial charge in [0.1, 0.15) is 0 Å². The van der Waals surface area contributed by atoms with Crippen molar-refractivity contribution in [1.82, 2.24) is 4.98 Å². The van der Waals surface area contributed by atoms with E-state index in [4.69, 9.17) is 0 Å². The minimum Gasteiger partial charge on any atom is -0.505 e. The summed E-state index contributed by atoms with van der Waals surface area (Å²) in [7, 11) is 0. The third kappa shape index (κ3) is 1.69. The van der Waals surface area contributed by atoms with Gasteiger partial charge in [-0.3, -0.25) is 9.59 Å². The number of hydrogen-bond acceptors (Lipinski definition) is 5. The molecule has 2 aromatic rings. The van der Waals surface area contributed by atoms with Crippen LogP contribution in [0.1, 0.15) is 5.56 Å².